The van der Waals surface area contributed by atoms with Crippen molar-refractivity contribution < 1.29 is 9.90 Å². The number of amides is 1. The average molecular weight is 311 g/mol. The number of aliphatic hydroxyl groups excluding tert-OH is 1. The number of nitrogens with zero attached hydrogens (tertiary/aromatic N) is 5. The van der Waals surface area contributed by atoms with Crippen molar-refractivity contribution in [2.24, 2.45) is 0 Å². The zero-order chi connectivity index (χ0) is 15.8. The van der Waals surface area contributed by atoms with Gasteiger partial charge in [0.15, 0.2) is 5.82 Å². The molecule has 4 rings (SSSR count). The van der Waals surface area contributed by atoms with Crippen molar-refractivity contribution in [3.63, 3.8) is 0 Å². The molecule has 0 aliphatic heterocycles. The number of nitrogens with one attached hydrogen (secondary N) is 2. The van der Waals surface area contributed by atoms with Crippen LogP contribution in [-0.4, -0.2) is 47.5 Å². The number of aliphatic hydroxyl groups is 1. The molecule has 0 radical (unpaired) electrons. The molecule has 0 bridgehead atoms. The number of fused-ring (bicyclic) bond motifs is 1. The predicted molar refractivity (Wildman–Crippen MR) is 77.7 cm³/mol. The van der Waals surface area contributed by atoms with Crippen LogP contribution in [0.25, 0.3) is 5.82 Å². The summed E-state index contributed by atoms with van der Waals surface area (Å²) in [6.07, 6.45) is 1.27. The van der Waals surface area contributed by atoms with Crippen molar-refractivity contribution in [1.82, 2.24) is 35.7 Å². The maximum Gasteiger partial charge on any atom is 0.269 e. The molecule has 1 aliphatic rings. The number of benzene rings is 1. The zero-order valence-electron chi connectivity index (χ0n) is 11.9. The van der Waals surface area contributed by atoms with Crippen LogP contribution < -0.4 is 5.32 Å². The van der Waals surface area contributed by atoms with Gasteiger partial charge in [-0.15, -0.1) is 5.10 Å². The normalized spacial score (nSPS) is 19.5. The van der Waals surface area contributed by atoms with Crippen LogP contribution >= 0.6 is 0 Å². The van der Waals surface area contributed by atoms with Crippen LogP contribution in [-0.2, 0) is 6.42 Å². The van der Waals surface area contributed by atoms with Gasteiger partial charge in [0.2, 0.25) is 0 Å². The lowest BCUT2D eigenvalue weighted by atomic mass is 10.1. The lowest BCUT2D eigenvalue weighted by Gasteiger charge is -2.17. The fourth-order valence-corrected chi connectivity index (χ4v) is 2.78. The molecule has 3 N–H and O–H groups in total. The van der Waals surface area contributed by atoms with Gasteiger partial charge in [0.1, 0.15) is 12.0 Å². The van der Waals surface area contributed by atoms with Gasteiger partial charge < -0.3 is 10.4 Å². The SMILES string of the molecule is O=C(N[C@@H]1c2ccccc2C[C@@H]1O)c1cc(-n2cnnn2)n[nH]1. The first kappa shape index (κ1) is 13.6. The van der Waals surface area contributed by atoms with E-state index >= 15 is 0 Å². The molecule has 1 aliphatic carbocycles. The van der Waals surface area contributed by atoms with E-state index in [0.717, 1.165) is 11.1 Å². The Bertz CT molecular complexity index is 842. The Hall–Kier alpha value is -3.07. The topological polar surface area (TPSA) is 122 Å². The van der Waals surface area contributed by atoms with E-state index in [-0.39, 0.29) is 11.6 Å². The highest BCUT2D eigenvalue weighted by Gasteiger charge is 2.32. The van der Waals surface area contributed by atoms with Gasteiger partial charge in [-0.25, -0.2) is 0 Å². The maximum atomic E-state index is 12.4. The average Bonchev–Trinajstić information content (AvgIpc) is 3.27. The number of H-pyrrole nitrogens is 1. The van der Waals surface area contributed by atoms with Crippen molar-refractivity contribution >= 4 is 5.91 Å². The second-order valence-electron chi connectivity index (χ2n) is 5.32. The molecule has 3 aromatic rings. The third-order valence-corrected chi connectivity index (χ3v) is 3.88. The highest BCUT2D eigenvalue weighted by Crippen LogP contribution is 2.31. The van der Waals surface area contributed by atoms with Crippen molar-refractivity contribution in [3.05, 3.63) is 53.5 Å². The molecule has 1 amide bonds. The van der Waals surface area contributed by atoms with E-state index < -0.39 is 12.1 Å². The third-order valence-electron chi connectivity index (χ3n) is 3.88. The van der Waals surface area contributed by atoms with Crippen LogP contribution in [0.3, 0.4) is 0 Å². The van der Waals surface area contributed by atoms with Gasteiger partial charge >= 0.3 is 0 Å². The van der Waals surface area contributed by atoms with Gasteiger partial charge in [-0.2, -0.15) is 9.78 Å². The van der Waals surface area contributed by atoms with E-state index in [1.54, 1.807) is 6.07 Å². The van der Waals surface area contributed by atoms with Crippen molar-refractivity contribution in [1.29, 1.82) is 0 Å². The molecule has 23 heavy (non-hydrogen) atoms. The number of rotatable bonds is 3. The number of carbonyl (C=O) groups is 1. The summed E-state index contributed by atoms with van der Waals surface area (Å²) in [5.41, 5.74) is 2.25. The first-order valence-corrected chi connectivity index (χ1v) is 7.08. The molecule has 0 spiro atoms. The van der Waals surface area contributed by atoms with E-state index in [1.807, 2.05) is 24.3 Å². The number of aromatic nitrogens is 6. The minimum absolute atomic E-state index is 0.270. The van der Waals surface area contributed by atoms with Crippen LogP contribution in [0.2, 0.25) is 0 Å². The van der Waals surface area contributed by atoms with Gasteiger partial charge in [0, 0.05) is 12.5 Å². The highest BCUT2D eigenvalue weighted by atomic mass is 16.3. The number of carbonyl (C=O) groups excluding carboxylic acids is 1. The number of hydrogen-bond acceptors (Lipinski definition) is 6. The lowest BCUT2D eigenvalue weighted by molar-refractivity contribution is 0.0853. The first-order valence-electron chi connectivity index (χ1n) is 7.08. The minimum Gasteiger partial charge on any atom is -0.390 e. The summed E-state index contributed by atoms with van der Waals surface area (Å²) in [5.74, 6) is 0.0603. The molecule has 9 heteroatoms. The summed E-state index contributed by atoms with van der Waals surface area (Å²) < 4.78 is 1.34. The quantitative estimate of drug-likeness (QED) is 0.614. The molecule has 9 nitrogen and oxygen atoms in total. The Kier molecular flexibility index (Phi) is 3.12. The van der Waals surface area contributed by atoms with Gasteiger partial charge in [-0.05, 0) is 21.6 Å². The molecule has 2 aromatic heterocycles. The second-order valence-corrected chi connectivity index (χ2v) is 5.32. The van der Waals surface area contributed by atoms with Gasteiger partial charge in [0.05, 0.1) is 12.1 Å². The summed E-state index contributed by atoms with van der Waals surface area (Å²) in [5, 5.41) is 30.4. The molecular formula is C14H13N7O2. The summed E-state index contributed by atoms with van der Waals surface area (Å²) >= 11 is 0. The smallest absolute Gasteiger partial charge is 0.269 e. The van der Waals surface area contributed by atoms with Crippen molar-refractivity contribution in [3.8, 4) is 5.82 Å². The fraction of sp³-hybridized carbons (Fsp3) is 0.214. The molecule has 0 unspecified atom stereocenters. The van der Waals surface area contributed by atoms with E-state index in [1.165, 1.54) is 11.0 Å². The van der Waals surface area contributed by atoms with Gasteiger partial charge in [0.25, 0.3) is 5.91 Å². The first-order chi connectivity index (χ1) is 11.2. The molecule has 0 saturated heterocycles. The molecular weight excluding hydrogens is 298 g/mol. The molecule has 2 atom stereocenters. The minimum atomic E-state index is -0.641. The Balaban J connectivity index is 1.55. The Morgan fingerprint density at radius 2 is 2.26 bits per heavy atom. The molecule has 2 heterocycles. The number of hydrogen-bond donors (Lipinski definition) is 3. The Labute approximate surface area is 130 Å². The number of aromatic amines is 1. The van der Waals surface area contributed by atoms with E-state index in [0.29, 0.717) is 12.2 Å². The largest absolute Gasteiger partial charge is 0.390 e. The Morgan fingerprint density at radius 1 is 1.39 bits per heavy atom. The molecule has 0 saturated carbocycles. The van der Waals surface area contributed by atoms with Crippen LogP contribution in [0.5, 0.6) is 0 Å². The third kappa shape index (κ3) is 2.36. The summed E-state index contributed by atoms with van der Waals surface area (Å²) in [6, 6.07) is 8.79. The fourth-order valence-electron chi connectivity index (χ4n) is 2.78. The van der Waals surface area contributed by atoms with Crippen LogP contribution in [0.4, 0.5) is 0 Å². The standard InChI is InChI=1S/C14H13N7O2/c22-11-5-8-3-1-2-4-9(8)13(11)16-14(23)10-6-12(18-17-10)21-7-15-19-20-21/h1-4,6-7,11,13,22H,5H2,(H,16,23)(H,17,18)/t11-,13+/m0/s1. The van der Waals surface area contributed by atoms with Crippen molar-refractivity contribution in [2.75, 3.05) is 0 Å². The summed E-state index contributed by atoms with van der Waals surface area (Å²) in [6.45, 7) is 0. The summed E-state index contributed by atoms with van der Waals surface area (Å²) in [4.78, 5) is 12.4. The van der Waals surface area contributed by atoms with Gasteiger partial charge in [-0.1, -0.05) is 24.3 Å². The molecule has 116 valence electrons. The predicted octanol–water partition coefficient (Wildman–Crippen LogP) is -0.227. The van der Waals surface area contributed by atoms with Crippen LogP contribution in [0, 0.1) is 0 Å². The van der Waals surface area contributed by atoms with Gasteiger partial charge in [-0.3, -0.25) is 9.89 Å². The zero-order valence-corrected chi connectivity index (χ0v) is 11.9. The Morgan fingerprint density at radius 3 is 3.09 bits per heavy atom. The maximum absolute atomic E-state index is 12.4. The summed E-state index contributed by atoms with van der Waals surface area (Å²) in [7, 11) is 0. The second kappa shape index (κ2) is 5.29. The molecule has 0 fully saturated rings. The lowest BCUT2D eigenvalue weighted by Crippen LogP contribution is -2.34. The van der Waals surface area contributed by atoms with E-state index in [9.17, 15) is 9.90 Å². The van der Waals surface area contributed by atoms with Crippen LogP contribution in [0.15, 0.2) is 36.7 Å². The monoisotopic (exact) mass is 311 g/mol. The van der Waals surface area contributed by atoms with E-state index in [4.69, 9.17) is 0 Å². The molecule has 1 aromatic carbocycles. The van der Waals surface area contributed by atoms with E-state index in [2.05, 4.69) is 31.0 Å². The highest BCUT2D eigenvalue weighted by molar-refractivity contribution is 5.93. The van der Waals surface area contributed by atoms with Crippen LogP contribution in [0.1, 0.15) is 27.7 Å². The number of tetrazole rings is 1. The van der Waals surface area contributed by atoms with Crippen molar-refractivity contribution in [2.45, 2.75) is 18.6 Å².